The predicted octanol–water partition coefficient (Wildman–Crippen LogP) is 1.41. The van der Waals surface area contributed by atoms with Crippen LogP contribution in [-0.4, -0.2) is 81.5 Å². The van der Waals surface area contributed by atoms with E-state index in [2.05, 4.69) is 9.89 Å². The van der Waals surface area contributed by atoms with Crippen molar-refractivity contribution < 1.29 is 14.4 Å². The van der Waals surface area contributed by atoms with E-state index in [4.69, 9.17) is 18.0 Å². The molecule has 172 valence electrons. The molecule has 0 bridgehead atoms. The molecule has 4 rings (SSSR count). The monoisotopic (exact) mass is 457 g/mol. The fourth-order valence-corrected chi connectivity index (χ4v) is 5.49. The molecule has 1 unspecified atom stereocenters. The minimum absolute atomic E-state index is 0.0911. The van der Waals surface area contributed by atoms with Crippen molar-refractivity contribution in [1.29, 1.82) is 0 Å². The Bertz CT molecular complexity index is 911. The van der Waals surface area contributed by atoms with Crippen LogP contribution in [0.2, 0.25) is 0 Å². The summed E-state index contributed by atoms with van der Waals surface area (Å²) in [5, 5.41) is 0.257. The smallest absolute Gasteiger partial charge is 0.253 e. The summed E-state index contributed by atoms with van der Waals surface area (Å²) in [4.78, 5) is 48.4. The summed E-state index contributed by atoms with van der Waals surface area (Å²) in [7, 11) is 0. The van der Waals surface area contributed by atoms with Gasteiger partial charge in [-0.1, -0.05) is 25.5 Å². The quantitative estimate of drug-likeness (QED) is 0.630. The van der Waals surface area contributed by atoms with Gasteiger partial charge in [0, 0.05) is 25.2 Å². The Kier molecular flexibility index (Phi) is 6.57. The maximum absolute atomic E-state index is 13.2. The number of rotatable bonds is 5. The van der Waals surface area contributed by atoms with Crippen LogP contribution in [0.5, 0.6) is 0 Å². The summed E-state index contributed by atoms with van der Waals surface area (Å²) in [5.74, 6) is -0.987. The first-order valence-electron chi connectivity index (χ1n) is 11.6. The van der Waals surface area contributed by atoms with Crippen LogP contribution in [0.1, 0.15) is 45.4 Å². The van der Waals surface area contributed by atoms with Crippen molar-refractivity contribution in [3.8, 4) is 0 Å². The molecule has 2 N–H and O–H groups in total. The Morgan fingerprint density at radius 1 is 1.19 bits per heavy atom. The van der Waals surface area contributed by atoms with Crippen LogP contribution in [0.4, 0.5) is 0 Å². The van der Waals surface area contributed by atoms with Gasteiger partial charge in [0.15, 0.2) is 0 Å². The Labute approximate surface area is 194 Å². The summed E-state index contributed by atoms with van der Waals surface area (Å²) < 4.78 is 0. The van der Waals surface area contributed by atoms with Gasteiger partial charge in [0.2, 0.25) is 16.9 Å². The van der Waals surface area contributed by atoms with E-state index >= 15 is 0 Å². The number of fused-ring (bicyclic) bond motifs is 1. The van der Waals surface area contributed by atoms with Crippen molar-refractivity contribution in [3.63, 3.8) is 0 Å². The number of nitrogens with zero attached hydrogens (tertiary/aromatic N) is 4. The molecule has 0 radical (unpaired) electrons. The molecule has 4 aliphatic rings. The van der Waals surface area contributed by atoms with Crippen molar-refractivity contribution >= 4 is 40.8 Å². The third-order valence-corrected chi connectivity index (χ3v) is 7.38. The first-order valence-corrected chi connectivity index (χ1v) is 12.0. The molecule has 1 aliphatic carbocycles. The van der Waals surface area contributed by atoms with Gasteiger partial charge in [-0.25, -0.2) is 4.99 Å². The number of carbonyl (C=O) groups excluding carboxylic acids is 3. The van der Waals surface area contributed by atoms with Gasteiger partial charge in [0.25, 0.3) is 5.91 Å². The van der Waals surface area contributed by atoms with E-state index in [1.807, 2.05) is 6.92 Å². The van der Waals surface area contributed by atoms with Crippen LogP contribution in [0, 0.1) is 5.92 Å². The van der Waals surface area contributed by atoms with E-state index in [0.717, 1.165) is 32.4 Å². The first kappa shape index (κ1) is 22.8. The van der Waals surface area contributed by atoms with E-state index in [1.54, 1.807) is 23.1 Å². The molecule has 2 saturated heterocycles. The number of hydrogen-bond donors (Lipinski definition) is 1. The second kappa shape index (κ2) is 9.23. The van der Waals surface area contributed by atoms with Crippen molar-refractivity contribution in [2.24, 2.45) is 16.6 Å². The minimum Gasteiger partial charge on any atom is -0.368 e. The lowest BCUT2D eigenvalue weighted by molar-refractivity contribution is -0.140. The van der Waals surface area contributed by atoms with E-state index < -0.39 is 11.5 Å². The summed E-state index contributed by atoms with van der Waals surface area (Å²) in [5.41, 5.74) is 6.21. The predicted molar refractivity (Wildman–Crippen MR) is 126 cm³/mol. The molecular formula is C23H31N5O3S. The average molecular weight is 458 g/mol. The highest BCUT2D eigenvalue weighted by Crippen LogP contribution is 2.32. The molecule has 9 heteroatoms. The van der Waals surface area contributed by atoms with Gasteiger partial charge in [-0.05, 0) is 63.5 Å². The number of likely N-dealkylation sites (tertiary alicyclic amines) is 2. The van der Waals surface area contributed by atoms with E-state index in [-0.39, 0.29) is 22.8 Å². The van der Waals surface area contributed by atoms with Crippen LogP contribution in [0.3, 0.4) is 0 Å². The van der Waals surface area contributed by atoms with Crippen LogP contribution >= 0.6 is 12.2 Å². The molecule has 0 aromatic heterocycles. The number of thiocarbonyl (C=S) groups is 1. The van der Waals surface area contributed by atoms with Crippen molar-refractivity contribution in [3.05, 3.63) is 23.8 Å². The zero-order valence-electron chi connectivity index (χ0n) is 18.6. The van der Waals surface area contributed by atoms with Crippen LogP contribution in [0.15, 0.2) is 28.8 Å². The van der Waals surface area contributed by atoms with Crippen molar-refractivity contribution in [2.45, 2.75) is 51.0 Å². The largest absolute Gasteiger partial charge is 0.368 e. The van der Waals surface area contributed by atoms with Crippen molar-refractivity contribution in [1.82, 2.24) is 14.7 Å². The zero-order chi connectivity index (χ0) is 22.9. The molecule has 32 heavy (non-hydrogen) atoms. The van der Waals surface area contributed by atoms with Gasteiger partial charge in [0.1, 0.15) is 5.54 Å². The van der Waals surface area contributed by atoms with Gasteiger partial charge < -0.3 is 10.6 Å². The molecule has 1 atom stereocenters. The number of aliphatic imine (C=N–C) groups is 1. The molecule has 0 aromatic carbocycles. The number of piperidine rings is 2. The van der Waals surface area contributed by atoms with Crippen LogP contribution in [0.25, 0.3) is 0 Å². The second-order valence-electron chi connectivity index (χ2n) is 8.98. The molecule has 0 spiro atoms. The lowest BCUT2D eigenvalue weighted by Gasteiger charge is -2.48. The number of primary amides is 1. The van der Waals surface area contributed by atoms with Gasteiger partial charge in [-0.15, -0.1) is 0 Å². The van der Waals surface area contributed by atoms with E-state index in [0.29, 0.717) is 43.8 Å². The molecular weight excluding hydrogens is 426 g/mol. The highest BCUT2D eigenvalue weighted by atomic mass is 32.1. The molecule has 8 nitrogen and oxygen atoms in total. The molecule has 2 fully saturated rings. The first-order chi connectivity index (χ1) is 15.4. The summed E-state index contributed by atoms with van der Waals surface area (Å²) in [6, 6.07) is 0. The Balaban J connectivity index is 1.46. The van der Waals surface area contributed by atoms with Crippen LogP contribution in [-0.2, 0) is 14.4 Å². The Hall–Kier alpha value is -2.39. The molecule has 3 aliphatic heterocycles. The maximum Gasteiger partial charge on any atom is 0.253 e. The van der Waals surface area contributed by atoms with E-state index in [1.165, 1.54) is 11.3 Å². The average Bonchev–Trinajstić information content (AvgIpc) is 2.81. The highest BCUT2D eigenvalue weighted by Gasteiger charge is 2.46. The summed E-state index contributed by atoms with van der Waals surface area (Å²) in [6.45, 7) is 5.24. The molecule has 3 amide bonds. The van der Waals surface area contributed by atoms with E-state index in [9.17, 15) is 14.4 Å². The standard InChI is InChI=1S/C23H31N5O3S/c1-2-10-28-20(30)17-7-6-16(15-18(17)25-22(28)32)19(29)26-13-8-23(9-14-26,21(24)31)27-11-4-3-5-12-27/h6-7,15,17H,2-5,8-14H2,1H3,(H2,24,31). The lowest BCUT2D eigenvalue weighted by atomic mass is 9.83. The minimum atomic E-state index is -0.659. The number of carbonyl (C=O) groups is 3. The number of allylic oxidation sites excluding steroid dienone is 1. The SMILES string of the molecule is CCCN1C(=O)C2C=CC(C(=O)N3CCC(C(N)=O)(N4CCCCC4)CC3)=CC2=NC1=S. The third-order valence-electron chi connectivity index (χ3n) is 7.07. The number of hydrogen-bond acceptors (Lipinski definition) is 5. The van der Waals surface area contributed by atoms with Gasteiger partial charge in [0.05, 0.1) is 11.6 Å². The highest BCUT2D eigenvalue weighted by molar-refractivity contribution is 7.80. The fourth-order valence-electron chi connectivity index (χ4n) is 5.20. The lowest BCUT2D eigenvalue weighted by Crippen LogP contribution is -2.63. The number of nitrogens with two attached hydrogens (primary N) is 1. The van der Waals surface area contributed by atoms with Crippen molar-refractivity contribution in [2.75, 3.05) is 32.7 Å². The fraction of sp³-hybridized carbons (Fsp3) is 0.609. The zero-order valence-corrected chi connectivity index (χ0v) is 19.4. The topological polar surface area (TPSA) is 99.3 Å². The molecule has 3 heterocycles. The summed E-state index contributed by atoms with van der Waals surface area (Å²) in [6.07, 6.45) is 10.4. The summed E-state index contributed by atoms with van der Waals surface area (Å²) >= 11 is 5.30. The van der Waals surface area contributed by atoms with Gasteiger partial charge in [-0.2, -0.15) is 0 Å². The Morgan fingerprint density at radius 3 is 2.50 bits per heavy atom. The normalized spacial score (nSPS) is 25.8. The van der Waals surface area contributed by atoms with Gasteiger partial charge >= 0.3 is 0 Å². The maximum atomic E-state index is 13.2. The Morgan fingerprint density at radius 2 is 1.88 bits per heavy atom. The molecule has 0 saturated carbocycles. The number of amides is 3. The third kappa shape index (κ3) is 4.03. The van der Waals surface area contributed by atoms with Crippen LogP contribution < -0.4 is 5.73 Å². The second-order valence-corrected chi connectivity index (χ2v) is 9.35. The molecule has 0 aromatic rings. The van der Waals surface area contributed by atoms with Gasteiger partial charge in [-0.3, -0.25) is 24.2 Å².